The molecule has 6 unspecified atom stereocenters. The molecule has 216 valence electrons. The Balaban J connectivity index is 1.44. The molecule has 7 atom stereocenters. The summed E-state index contributed by atoms with van der Waals surface area (Å²) in [4.78, 5) is 13.8. The van der Waals surface area contributed by atoms with E-state index in [2.05, 4.69) is 86.8 Å². The number of rotatable bonds is 6. The van der Waals surface area contributed by atoms with Crippen LogP contribution < -0.4 is 15.7 Å². The van der Waals surface area contributed by atoms with E-state index in [1.165, 1.54) is 36.1 Å². The van der Waals surface area contributed by atoms with E-state index in [0.717, 1.165) is 18.8 Å². The monoisotopic (exact) mass is 559 g/mol. The number of nitrogens with one attached hydrogen (secondary N) is 1. The van der Waals surface area contributed by atoms with Crippen LogP contribution in [0.3, 0.4) is 0 Å². The molecule has 0 radical (unpaired) electrons. The molecule has 4 aliphatic rings. The summed E-state index contributed by atoms with van der Waals surface area (Å²) in [5, 5.41) is 6.73. The highest BCUT2D eigenvalue weighted by molar-refractivity contribution is 6.99. The minimum atomic E-state index is -2.77. The fourth-order valence-electron chi connectivity index (χ4n) is 9.11. The molecule has 40 heavy (non-hydrogen) atoms. The number of hydrogen-bond donors (Lipinski definition) is 1. The van der Waals surface area contributed by atoms with Crippen molar-refractivity contribution in [3.63, 3.8) is 0 Å². The van der Waals surface area contributed by atoms with Crippen LogP contribution in [0.25, 0.3) is 0 Å². The highest BCUT2D eigenvalue weighted by Crippen LogP contribution is 2.57. The molecule has 5 heteroatoms. The van der Waals surface area contributed by atoms with E-state index in [4.69, 9.17) is 9.16 Å². The maximum absolute atomic E-state index is 13.8. The van der Waals surface area contributed by atoms with Gasteiger partial charge in [0.05, 0.1) is 12.0 Å². The zero-order valence-electron chi connectivity index (χ0n) is 25.4. The van der Waals surface area contributed by atoms with E-state index >= 15 is 0 Å². The largest absolute Gasteiger partial charge is 0.460 e. The van der Waals surface area contributed by atoms with Crippen molar-refractivity contribution in [2.24, 2.45) is 29.6 Å². The Kier molecular flexibility index (Phi) is 7.32. The van der Waals surface area contributed by atoms with Gasteiger partial charge in [0.15, 0.2) is 0 Å². The molecule has 2 aromatic rings. The predicted molar refractivity (Wildman–Crippen MR) is 164 cm³/mol. The summed E-state index contributed by atoms with van der Waals surface area (Å²) in [5.41, 5.74) is -0.485. The van der Waals surface area contributed by atoms with Crippen LogP contribution in [0.2, 0.25) is 5.04 Å². The van der Waals surface area contributed by atoms with Gasteiger partial charge in [0, 0.05) is 12.1 Å². The average molecular weight is 560 g/mol. The zero-order valence-corrected chi connectivity index (χ0v) is 26.4. The molecule has 0 amide bonds. The standard InChI is InChI=1S/C35H49NO3Si/c1-34(2,3)38-33(37)29-27-21-24-22-28(29)32(31(27)36-30(24)23-15-13-14-16-23)39-40(35(4,5)6,25-17-9-7-10-18-25)26-19-11-8-12-20-26/h7-12,17-20,23-24,27-32,36H,13-16,21-22H2,1-6H3/t24?,27?,28?,29?,30?,31?,32-/m0/s1. The highest BCUT2D eigenvalue weighted by Gasteiger charge is 2.65. The number of carbonyl (C=O) groups is 1. The molecule has 3 bridgehead atoms. The van der Waals surface area contributed by atoms with Gasteiger partial charge in [-0.1, -0.05) is 94.3 Å². The molecule has 3 saturated carbocycles. The summed E-state index contributed by atoms with van der Waals surface area (Å²) >= 11 is 0. The van der Waals surface area contributed by atoms with Crippen molar-refractivity contribution in [3.8, 4) is 0 Å². The summed E-state index contributed by atoms with van der Waals surface area (Å²) < 4.78 is 14.0. The van der Waals surface area contributed by atoms with E-state index < -0.39 is 13.9 Å². The van der Waals surface area contributed by atoms with Crippen LogP contribution in [0.4, 0.5) is 0 Å². The first-order valence-electron chi connectivity index (χ1n) is 15.8. The maximum Gasteiger partial charge on any atom is 0.310 e. The van der Waals surface area contributed by atoms with Crippen LogP contribution in [-0.2, 0) is 14.0 Å². The maximum atomic E-state index is 13.8. The van der Waals surface area contributed by atoms with Crippen LogP contribution in [0.5, 0.6) is 0 Å². The molecule has 2 aromatic carbocycles. The molecular weight excluding hydrogens is 510 g/mol. The Morgan fingerprint density at radius 3 is 1.85 bits per heavy atom. The second kappa shape index (κ2) is 10.4. The highest BCUT2D eigenvalue weighted by atomic mass is 28.4. The minimum Gasteiger partial charge on any atom is -0.460 e. The topological polar surface area (TPSA) is 47.6 Å². The number of benzene rings is 2. The molecule has 1 aliphatic heterocycles. The summed E-state index contributed by atoms with van der Waals surface area (Å²) in [7, 11) is -2.77. The molecular formula is C35H49NO3Si. The van der Waals surface area contributed by atoms with Crippen LogP contribution in [0.15, 0.2) is 60.7 Å². The Labute approximate surface area is 242 Å². The normalized spacial score (nSPS) is 32.4. The first kappa shape index (κ1) is 28.2. The first-order valence-corrected chi connectivity index (χ1v) is 17.7. The second-order valence-electron chi connectivity index (χ2n) is 15.1. The number of esters is 1. The number of ether oxygens (including phenoxy) is 1. The van der Waals surface area contributed by atoms with Crippen molar-refractivity contribution < 1.29 is 14.0 Å². The molecule has 0 aromatic heterocycles. The van der Waals surface area contributed by atoms with E-state index in [0.29, 0.717) is 12.0 Å². The van der Waals surface area contributed by atoms with Crippen LogP contribution in [0, 0.1) is 29.6 Å². The summed E-state index contributed by atoms with van der Waals surface area (Å²) in [6, 6.07) is 22.7. The average Bonchev–Trinajstić information content (AvgIpc) is 3.46. The Hall–Kier alpha value is -1.95. The van der Waals surface area contributed by atoms with Crippen LogP contribution in [-0.4, -0.2) is 38.1 Å². The lowest BCUT2D eigenvalue weighted by Crippen LogP contribution is -2.69. The van der Waals surface area contributed by atoms with Crippen LogP contribution >= 0.6 is 0 Å². The smallest absolute Gasteiger partial charge is 0.310 e. The third-order valence-electron chi connectivity index (χ3n) is 10.5. The van der Waals surface area contributed by atoms with Crippen molar-refractivity contribution >= 4 is 24.7 Å². The molecule has 1 N–H and O–H groups in total. The SMILES string of the molecule is CC(C)(C)OC(=O)C1C2CC3CC1[C@H](O[Si](c1ccccc1)(c1ccccc1)C(C)(C)C)C2NC3C1CCCC1. The summed E-state index contributed by atoms with van der Waals surface area (Å²) in [6.07, 6.45) is 7.57. The quantitative estimate of drug-likeness (QED) is 0.344. The lowest BCUT2D eigenvalue weighted by atomic mass is 9.66. The second-order valence-corrected chi connectivity index (χ2v) is 19.4. The summed E-state index contributed by atoms with van der Waals surface area (Å²) in [6.45, 7) is 13.1. The fourth-order valence-corrected chi connectivity index (χ4v) is 13.9. The van der Waals surface area contributed by atoms with Crippen molar-refractivity contribution in [2.75, 3.05) is 0 Å². The molecule has 3 aliphatic carbocycles. The summed E-state index contributed by atoms with van der Waals surface area (Å²) in [5.74, 6) is 1.74. The predicted octanol–water partition coefficient (Wildman–Crippen LogP) is 6.08. The van der Waals surface area contributed by atoms with Gasteiger partial charge in [-0.2, -0.15) is 0 Å². The number of hydrogen-bond acceptors (Lipinski definition) is 4. The molecule has 4 fully saturated rings. The lowest BCUT2D eigenvalue weighted by Gasteiger charge is -2.47. The fraction of sp³-hybridized carbons (Fsp3) is 0.629. The van der Waals surface area contributed by atoms with Crippen molar-refractivity contribution in [2.45, 2.75) is 109 Å². The van der Waals surface area contributed by atoms with Gasteiger partial charge >= 0.3 is 5.97 Å². The Bertz CT molecular complexity index is 1140. The van der Waals surface area contributed by atoms with Crippen molar-refractivity contribution in [3.05, 3.63) is 60.7 Å². The molecule has 6 rings (SSSR count). The number of carbonyl (C=O) groups excluding carboxylic acids is 1. The van der Waals surface area contributed by atoms with E-state index in [9.17, 15) is 4.79 Å². The molecule has 0 spiro atoms. The van der Waals surface area contributed by atoms with Gasteiger partial charge in [-0.15, -0.1) is 0 Å². The lowest BCUT2D eigenvalue weighted by molar-refractivity contribution is -0.166. The van der Waals surface area contributed by atoms with Gasteiger partial charge in [0.1, 0.15) is 5.60 Å². The van der Waals surface area contributed by atoms with E-state index in [1.54, 1.807) is 0 Å². The molecule has 1 heterocycles. The first-order chi connectivity index (χ1) is 19.0. The van der Waals surface area contributed by atoms with Gasteiger partial charge < -0.3 is 14.5 Å². The van der Waals surface area contributed by atoms with Crippen molar-refractivity contribution in [1.82, 2.24) is 5.32 Å². The van der Waals surface area contributed by atoms with Crippen molar-refractivity contribution in [1.29, 1.82) is 0 Å². The number of piperidine rings is 1. The van der Waals surface area contributed by atoms with Crippen LogP contribution in [0.1, 0.15) is 80.1 Å². The Morgan fingerprint density at radius 2 is 1.32 bits per heavy atom. The van der Waals surface area contributed by atoms with Gasteiger partial charge in [0.25, 0.3) is 8.32 Å². The zero-order chi connectivity index (χ0) is 28.3. The van der Waals surface area contributed by atoms with Gasteiger partial charge in [-0.25, -0.2) is 0 Å². The van der Waals surface area contributed by atoms with Gasteiger partial charge in [-0.05, 0) is 85.5 Å². The van der Waals surface area contributed by atoms with E-state index in [-0.39, 0.29) is 40.9 Å². The third kappa shape index (κ3) is 4.80. The van der Waals surface area contributed by atoms with E-state index in [1.807, 2.05) is 20.8 Å². The Morgan fingerprint density at radius 1 is 0.775 bits per heavy atom. The van der Waals surface area contributed by atoms with Gasteiger partial charge in [0.2, 0.25) is 0 Å². The third-order valence-corrected chi connectivity index (χ3v) is 15.5. The van der Waals surface area contributed by atoms with Gasteiger partial charge in [-0.3, -0.25) is 4.79 Å². The number of fused-ring (bicyclic) bond motifs is 2. The minimum absolute atomic E-state index is 0.00905. The molecule has 1 saturated heterocycles. The molecule has 4 nitrogen and oxygen atoms in total.